The van der Waals surface area contributed by atoms with Crippen molar-refractivity contribution in [3.8, 4) is 0 Å². The SMILES string of the molecule is CCCCC1=CCC=C(CCN)N=C1C. The zero-order valence-corrected chi connectivity index (χ0v) is 9.92. The highest BCUT2D eigenvalue weighted by Crippen LogP contribution is 2.17. The first kappa shape index (κ1) is 12.2. The van der Waals surface area contributed by atoms with E-state index in [1.54, 1.807) is 0 Å². The quantitative estimate of drug-likeness (QED) is 0.737. The van der Waals surface area contributed by atoms with Gasteiger partial charge in [-0.1, -0.05) is 25.5 Å². The van der Waals surface area contributed by atoms with Crippen LogP contribution >= 0.6 is 0 Å². The van der Waals surface area contributed by atoms with Crippen LogP contribution in [0.4, 0.5) is 0 Å². The largest absolute Gasteiger partial charge is 0.330 e. The Morgan fingerprint density at radius 3 is 2.80 bits per heavy atom. The number of aliphatic imine (C=N–C) groups is 1. The Hall–Kier alpha value is -0.890. The summed E-state index contributed by atoms with van der Waals surface area (Å²) in [6, 6.07) is 0. The van der Waals surface area contributed by atoms with E-state index in [-0.39, 0.29) is 0 Å². The summed E-state index contributed by atoms with van der Waals surface area (Å²) in [6.45, 7) is 5.02. The molecule has 1 heterocycles. The summed E-state index contributed by atoms with van der Waals surface area (Å²) in [6.07, 6.45) is 10.1. The highest BCUT2D eigenvalue weighted by molar-refractivity contribution is 5.99. The third-order valence-corrected chi connectivity index (χ3v) is 2.69. The second-order valence-corrected chi connectivity index (χ2v) is 4.00. The number of nitrogens with zero attached hydrogens (tertiary/aromatic N) is 1. The Labute approximate surface area is 93.0 Å². The van der Waals surface area contributed by atoms with Crippen LogP contribution in [0.5, 0.6) is 0 Å². The van der Waals surface area contributed by atoms with Crippen LogP contribution in [0.3, 0.4) is 0 Å². The van der Waals surface area contributed by atoms with Gasteiger partial charge < -0.3 is 5.73 Å². The lowest BCUT2D eigenvalue weighted by Gasteiger charge is -2.05. The smallest absolute Gasteiger partial charge is 0.0404 e. The molecule has 0 radical (unpaired) electrons. The lowest BCUT2D eigenvalue weighted by molar-refractivity contribution is 0.800. The second kappa shape index (κ2) is 6.57. The van der Waals surface area contributed by atoms with E-state index in [1.807, 2.05) is 0 Å². The molecule has 84 valence electrons. The van der Waals surface area contributed by atoms with E-state index in [4.69, 9.17) is 5.73 Å². The van der Waals surface area contributed by atoms with Crippen molar-refractivity contribution in [2.75, 3.05) is 6.54 Å². The summed E-state index contributed by atoms with van der Waals surface area (Å²) in [5.41, 5.74) is 9.29. The summed E-state index contributed by atoms with van der Waals surface area (Å²) in [4.78, 5) is 4.63. The number of allylic oxidation sites excluding steroid dienone is 3. The fourth-order valence-corrected chi connectivity index (χ4v) is 1.77. The van der Waals surface area contributed by atoms with Gasteiger partial charge in [0, 0.05) is 17.8 Å². The van der Waals surface area contributed by atoms with Gasteiger partial charge in [0.2, 0.25) is 0 Å². The first-order valence-corrected chi connectivity index (χ1v) is 5.91. The Balaban J connectivity index is 2.64. The number of hydrogen-bond acceptors (Lipinski definition) is 2. The van der Waals surface area contributed by atoms with E-state index in [0.717, 1.165) is 25.0 Å². The average molecular weight is 206 g/mol. The van der Waals surface area contributed by atoms with Crippen molar-refractivity contribution < 1.29 is 0 Å². The van der Waals surface area contributed by atoms with Crippen LogP contribution in [-0.2, 0) is 0 Å². The Morgan fingerprint density at radius 1 is 1.33 bits per heavy atom. The van der Waals surface area contributed by atoms with Crippen molar-refractivity contribution in [2.24, 2.45) is 10.7 Å². The first-order chi connectivity index (χ1) is 7.27. The van der Waals surface area contributed by atoms with Crippen molar-refractivity contribution >= 4 is 5.71 Å². The molecule has 0 fully saturated rings. The molecule has 0 spiro atoms. The van der Waals surface area contributed by atoms with Crippen LogP contribution in [0.25, 0.3) is 0 Å². The van der Waals surface area contributed by atoms with Crippen molar-refractivity contribution in [3.63, 3.8) is 0 Å². The van der Waals surface area contributed by atoms with E-state index in [0.29, 0.717) is 6.54 Å². The predicted molar refractivity (Wildman–Crippen MR) is 67.1 cm³/mol. The van der Waals surface area contributed by atoms with Gasteiger partial charge in [0.25, 0.3) is 0 Å². The molecular weight excluding hydrogens is 184 g/mol. The molecule has 0 aromatic heterocycles. The van der Waals surface area contributed by atoms with Gasteiger partial charge >= 0.3 is 0 Å². The number of nitrogens with two attached hydrogens (primary N) is 1. The summed E-state index contributed by atoms with van der Waals surface area (Å²) in [5.74, 6) is 0. The summed E-state index contributed by atoms with van der Waals surface area (Å²) in [5, 5.41) is 0. The minimum atomic E-state index is 0.687. The predicted octanol–water partition coefficient (Wildman–Crippen LogP) is 3.20. The van der Waals surface area contributed by atoms with Crippen molar-refractivity contribution in [3.05, 3.63) is 23.4 Å². The lowest BCUT2D eigenvalue weighted by Crippen LogP contribution is -2.01. The summed E-state index contributed by atoms with van der Waals surface area (Å²) >= 11 is 0. The van der Waals surface area contributed by atoms with Crippen LogP contribution in [0.1, 0.15) is 46.0 Å². The van der Waals surface area contributed by atoms with Gasteiger partial charge in [-0.3, -0.25) is 4.99 Å². The van der Waals surface area contributed by atoms with E-state index in [9.17, 15) is 0 Å². The minimum Gasteiger partial charge on any atom is -0.330 e. The van der Waals surface area contributed by atoms with Crippen LogP contribution < -0.4 is 5.73 Å². The zero-order chi connectivity index (χ0) is 11.1. The maximum absolute atomic E-state index is 5.54. The van der Waals surface area contributed by atoms with Gasteiger partial charge in [-0.25, -0.2) is 0 Å². The number of rotatable bonds is 5. The third kappa shape index (κ3) is 4.00. The molecule has 2 nitrogen and oxygen atoms in total. The molecule has 0 atom stereocenters. The Kier molecular flexibility index (Phi) is 5.33. The zero-order valence-electron chi connectivity index (χ0n) is 9.92. The van der Waals surface area contributed by atoms with Crippen molar-refractivity contribution in [2.45, 2.75) is 46.0 Å². The summed E-state index contributed by atoms with van der Waals surface area (Å²) in [7, 11) is 0. The molecule has 0 unspecified atom stereocenters. The average Bonchev–Trinajstić information content (AvgIpc) is 2.38. The van der Waals surface area contributed by atoms with Crippen LogP contribution in [-0.4, -0.2) is 12.3 Å². The molecule has 0 aliphatic carbocycles. The maximum Gasteiger partial charge on any atom is 0.0404 e. The molecule has 0 aromatic rings. The lowest BCUT2D eigenvalue weighted by atomic mass is 10.0. The molecule has 0 amide bonds. The van der Waals surface area contributed by atoms with E-state index in [1.165, 1.54) is 24.1 Å². The van der Waals surface area contributed by atoms with Gasteiger partial charge in [0.05, 0.1) is 0 Å². The second-order valence-electron chi connectivity index (χ2n) is 4.00. The van der Waals surface area contributed by atoms with Crippen LogP contribution in [0.2, 0.25) is 0 Å². The molecule has 2 N–H and O–H groups in total. The van der Waals surface area contributed by atoms with E-state index in [2.05, 4.69) is 31.0 Å². The molecule has 0 aromatic carbocycles. The maximum atomic E-state index is 5.54. The Morgan fingerprint density at radius 2 is 2.13 bits per heavy atom. The third-order valence-electron chi connectivity index (χ3n) is 2.69. The molecule has 1 aliphatic rings. The molecular formula is C13H22N2. The fraction of sp³-hybridized carbons (Fsp3) is 0.615. The number of unbranched alkanes of at least 4 members (excludes halogenated alkanes) is 1. The molecule has 15 heavy (non-hydrogen) atoms. The molecule has 1 rings (SSSR count). The standard InChI is InChI=1S/C13H22N2/c1-3-4-6-12-7-5-8-13(9-10-14)15-11(12)2/h7-8H,3-6,9-10,14H2,1-2H3. The normalized spacial score (nSPS) is 16.6. The highest BCUT2D eigenvalue weighted by atomic mass is 14.8. The van der Waals surface area contributed by atoms with E-state index >= 15 is 0 Å². The van der Waals surface area contributed by atoms with Crippen molar-refractivity contribution in [1.29, 1.82) is 0 Å². The molecule has 0 saturated carbocycles. The first-order valence-electron chi connectivity index (χ1n) is 5.91. The fourth-order valence-electron chi connectivity index (χ4n) is 1.77. The highest BCUT2D eigenvalue weighted by Gasteiger charge is 2.05. The van der Waals surface area contributed by atoms with Crippen LogP contribution in [0.15, 0.2) is 28.4 Å². The summed E-state index contributed by atoms with van der Waals surface area (Å²) < 4.78 is 0. The molecule has 2 heteroatoms. The minimum absolute atomic E-state index is 0.687. The van der Waals surface area contributed by atoms with E-state index < -0.39 is 0 Å². The number of hydrogen-bond donors (Lipinski definition) is 1. The molecule has 0 saturated heterocycles. The Bertz CT molecular complexity index is 285. The van der Waals surface area contributed by atoms with Gasteiger partial charge in [-0.05, 0) is 38.3 Å². The van der Waals surface area contributed by atoms with Crippen molar-refractivity contribution in [1.82, 2.24) is 0 Å². The topological polar surface area (TPSA) is 38.4 Å². The monoisotopic (exact) mass is 206 g/mol. The van der Waals surface area contributed by atoms with Gasteiger partial charge in [-0.15, -0.1) is 0 Å². The van der Waals surface area contributed by atoms with Gasteiger partial charge in [0.1, 0.15) is 0 Å². The van der Waals surface area contributed by atoms with Crippen LogP contribution in [0, 0.1) is 0 Å². The molecule has 1 aliphatic heterocycles. The van der Waals surface area contributed by atoms with Gasteiger partial charge in [0.15, 0.2) is 0 Å². The molecule has 0 bridgehead atoms. The van der Waals surface area contributed by atoms with Gasteiger partial charge in [-0.2, -0.15) is 0 Å².